The predicted molar refractivity (Wildman–Crippen MR) is 100 cm³/mol. The number of hydrogen-bond acceptors (Lipinski definition) is 3. The molecule has 0 saturated heterocycles. The Morgan fingerprint density at radius 1 is 1.04 bits per heavy atom. The highest BCUT2D eigenvalue weighted by Crippen LogP contribution is 2.33. The number of nitrogens with one attached hydrogen (secondary N) is 1. The van der Waals surface area contributed by atoms with Gasteiger partial charge in [-0.25, -0.2) is 8.78 Å². The Labute approximate surface area is 158 Å². The monoisotopic (exact) mass is 377 g/mol. The predicted octanol–water partition coefficient (Wildman–Crippen LogP) is 4.89. The molecule has 0 heterocycles. The maximum absolute atomic E-state index is 13.9. The lowest BCUT2D eigenvalue weighted by atomic mass is 9.95. The van der Waals surface area contributed by atoms with Crippen molar-refractivity contribution in [3.8, 4) is 11.5 Å². The lowest BCUT2D eigenvalue weighted by Gasteiger charge is -2.24. The van der Waals surface area contributed by atoms with E-state index in [0.717, 1.165) is 11.6 Å². The van der Waals surface area contributed by atoms with Crippen LogP contribution in [0.15, 0.2) is 36.4 Å². The standard InChI is InChI=1S/C21H25F2NO3/c1-5-26-17-11-10-14(12-18(17)27-6-2)20(13(3)4)24-21(25)15-8-7-9-16(22)19(15)23/h7-13,20H,5-6H2,1-4H3,(H,24,25). The Balaban J connectivity index is 2.33. The van der Waals surface area contributed by atoms with Crippen LogP contribution in [0.2, 0.25) is 0 Å². The van der Waals surface area contributed by atoms with Crippen molar-refractivity contribution in [3.05, 3.63) is 59.2 Å². The average molecular weight is 377 g/mol. The van der Waals surface area contributed by atoms with Crippen molar-refractivity contribution < 1.29 is 23.0 Å². The summed E-state index contributed by atoms with van der Waals surface area (Å²) in [6, 6.07) is 8.56. The highest BCUT2D eigenvalue weighted by molar-refractivity contribution is 5.94. The summed E-state index contributed by atoms with van der Waals surface area (Å²) in [5.74, 6) is -1.67. The molecule has 1 atom stereocenters. The summed E-state index contributed by atoms with van der Waals surface area (Å²) >= 11 is 0. The van der Waals surface area contributed by atoms with Crippen LogP contribution in [0.4, 0.5) is 8.78 Å². The lowest BCUT2D eigenvalue weighted by Crippen LogP contribution is -2.32. The summed E-state index contributed by atoms with van der Waals surface area (Å²) in [5.41, 5.74) is 0.471. The van der Waals surface area contributed by atoms with E-state index in [4.69, 9.17) is 9.47 Å². The SMILES string of the molecule is CCOc1ccc(C(NC(=O)c2cccc(F)c2F)C(C)C)cc1OCC. The third kappa shape index (κ3) is 4.96. The van der Waals surface area contributed by atoms with E-state index in [1.54, 1.807) is 12.1 Å². The maximum Gasteiger partial charge on any atom is 0.254 e. The van der Waals surface area contributed by atoms with Crippen LogP contribution < -0.4 is 14.8 Å². The molecule has 0 aliphatic rings. The van der Waals surface area contributed by atoms with Gasteiger partial charge in [-0.1, -0.05) is 26.0 Å². The van der Waals surface area contributed by atoms with Crippen molar-refractivity contribution in [2.24, 2.45) is 5.92 Å². The number of amides is 1. The molecule has 2 aromatic rings. The summed E-state index contributed by atoms with van der Waals surface area (Å²) < 4.78 is 38.6. The second-order valence-corrected chi connectivity index (χ2v) is 6.37. The van der Waals surface area contributed by atoms with Crippen molar-refractivity contribution in [2.45, 2.75) is 33.7 Å². The van der Waals surface area contributed by atoms with Crippen LogP contribution in [0.25, 0.3) is 0 Å². The van der Waals surface area contributed by atoms with E-state index in [2.05, 4.69) is 5.32 Å². The molecule has 2 aromatic carbocycles. The summed E-state index contributed by atoms with van der Waals surface area (Å²) in [5, 5.41) is 2.80. The van der Waals surface area contributed by atoms with Crippen LogP contribution in [0, 0.1) is 17.6 Å². The molecule has 2 rings (SSSR count). The third-order valence-corrected chi connectivity index (χ3v) is 4.08. The van der Waals surface area contributed by atoms with Gasteiger partial charge >= 0.3 is 0 Å². The highest BCUT2D eigenvalue weighted by atomic mass is 19.2. The second kappa shape index (κ2) is 9.35. The van der Waals surface area contributed by atoms with Gasteiger partial charge < -0.3 is 14.8 Å². The molecule has 6 heteroatoms. The zero-order chi connectivity index (χ0) is 20.0. The summed E-state index contributed by atoms with van der Waals surface area (Å²) in [4.78, 5) is 12.5. The molecule has 0 bridgehead atoms. The second-order valence-electron chi connectivity index (χ2n) is 6.37. The lowest BCUT2D eigenvalue weighted by molar-refractivity contribution is 0.0920. The number of benzene rings is 2. The van der Waals surface area contributed by atoms with Crippen LogP contribution in [0.1, 0.15) is 49.7 Å². The Morgan fingerprint density at radius 2 is 1.70 bits per heavy atom. The molecule has 0 spiro atoms. The molecule has 1 amide bonds. The first-order valence-corrected chi connectivity index (χ1v) is 9.03. The number of carbonyl (C=O) groups excluding carboxylic acids is 1. The van der Waals surface area contributed by atoms with E-state index in [0.29, 0.717) is 24.7 Å². The van der Waals surface area contributed by atoms with Gasteiger partial charge in [-0.05, 0) is 49.6 Å². The Bertz CT molecular complexity index is 793. The summed E-state index contributed by atoms with van der Waals surface area (Å²) in [6.07, 6.45) is 0. The van der Waals surface area contributed by atoms with Crippen LogP contribution in [0.5, 0.6) is 11.5 Å². The minimum atomic E-state index is -1.15. The molecular formula is C21H25F2NO3. The van der Waals surface area contributed by atoms with Gasteiger partial charge in [-0.2, -0.15) is 0 Å². The van der Waals surface area contributed by atoms with Gasteiger partial charge in [-0.15, -0.1) is 0 Å². The normalized spacial score (nSPS) is 12.0. The number of hydrogen-bond donors (Lipinski definition) is 1. The summed E-state index contributed by atoms with van der Waals surface area (Å²) in [6.45, 7) is 8.60. The van der Waals surface area contributed by atoms with Gasteiger partial charge in [0.15, 0.2) is 23.1 Å². The first kappa shape index (κ1) is 20.7. The van der Waals surface area contributed by atoms with E-state index in [1.165, 1.54) is 12.1 Å². The van der Waals surface area contributed by atoms with Gasteiger partial charge in [0.1, 0.15) is 0 Å². The first-order valence-electron chi connectivity index (χ1n) is 9.03. The number of ether oxygens (including phenoxy) is 2. The van der Waals surface area contributed by atoms with Crippen LogP contribution in [0.3, 0.4) is 0 Å². The van der Waals surface area contributed by atoms with Crippen molar-refractivity contribution in [1.29, 1.82) is 0 Å². The fraction of sp³-hybridized carbons (Fsp3) is 0.381. The van der Waals surface area contributed by atoms with E-state index >= 15 is 0 Å². The minimum absolute atomic E-state index is 0.0120. The highest BCUT2D eigenvalue weighted by Gasteiger charge is 2.23. The number of halogens is 2. The molecular weight excluding hydrogens is 352 g/mol. The van der Waals surface area contributed by atoms with Gasteiger partial charge in [0.25, 0.3) is 5.91 Å². The van der Waals surface area contributed by atoms with Gasteiger partial charge in [-0.3, -0.25) is 4.79 Å². The largest absolute Gasteiger partial charge is 0.490 e. The molecule has 0 fully saturated rings. The average Bonchev–Trinajstić information content (AvgIpc) is 2.63. The van der Waals surface area contributed by atoms with Crippen LogP contribution >= 0.6 is 0 Å². The van der Waals surface area contributed by atoms with Crippen molar-refractivity contribution >= 4 is 5.91 Å². The first-order chi connectivity index (χ1) is 12.9. The molecule has 0 radical (unpaired) electrons. The number of rotatable bonds is 8. The third-order valence-electron chi connectivity index (χ3n) is 4.08. The van der Waals surface area contributed by atoms with E-state index < -0.39 is 23.6 Å². The van der Waals surface area contributed by atoms with E-state index in [9.17, 15) is 13.6 Å². The minimum Gasteiger partial charge on any atom is -0.490 e. The smallest absolute Gasteiger partial charge is 0.254 e. The van der Waals surface area contributed by atoms with Crippen molar-refractivity contribution in [3.63, 3.8) is 0 Å². The van der Waals surface area contributed by atoms with Gasteiger partial charge in [0.05, 0.1) is 24.8 Å². The maximum atomic E-state index is 13.9. The Hall–Kier alpha value is -2.63. The zero-order valence-corrected chi connectivity index (χ0v) is 16.0. The molecule has 0 aliphatic heterocycles. The van der Waals surface area contributed by atoms with E-state index in [-0.39, 0.29) is 11.5 Å². The van der Waals surface area contributed by atoms with Crippen molar-refractivity contribution in [2.75, 3.05) is 13.2 Å². The quantitative estimate of drug-likeness (QED) is 0.713. The van der Waals surface area contributed by atoms with E-state index in [1.807, 2.05) is 33.8 Å². The molecule has 1 N–H and O–H groups in total. The fourth-order valence-electron chi connectivity index (χ4n) is 2.79. The Morgan fingerprint density at radius 3 is 2.33 bits per heavy atom. The topological polar surface area (TPSA) is 47.6 Å². The zero-order valence-electron chi connectivity index (χ0n) is 16.0. The molecule has 27 heavy (non-hydrogen) atoms. The fourth-order valence-corrected chi connectivity index (χ4v) is 2.79. The Kier molecular flexibility index (Phi) is 7.16. The van der Waals surface area contributed by atoms with Crippen LogP contribution in [-0.4, -0.2) is 19.1 Å². The van der Waals surface area contributed by atoms with Gasteiger partial charge in [0, 0.05) is 0 Å². The molecule has 4 nitrogen and oxygen atoms in total. The molecule has 0 aromatic heterocycles. The van der Waals surface area contributed by atoms with Crippen LogP contribution in [-0.2, 0) is 0 Å². The molecule has 146 valence electrons. The van der Waals surface area contributed by atoms with Crippen molar-refractivity contribution in [1.82, 2.24) is 5.32 Å². The van der Waals surface area contributed by atoms with Gasteiger partial charge in [0.2, 0.25) is 0 Å². The number of carbonyl (C=O) groups is 1. The molecule has 0 saturated carbocycles. The molecule has 1 unspecified atom stereocenters. The molecule has 0 aliphatic carbocycles. The summed E-state index contributed by atoms with van der Waals surface area (Å²) in [7, 11) is 0.